The molecule has 0 aliphatic heterocycles. The highest BCUT2D eigenvalue weighted by Crippen LogP contribution is 2.43. The standard InChI is InChI=1S/C27H25N9O3/c1-34-23-24(38-2)22(39-21-13-31-36-6-5-29-11-20(21)36)12-30-25(23)33-27(34)32-19-9-17(16-3-4-16)14-35(26(19)37)18-7-15(8-18)10-28/h5-6,9,11-16,18H,3-4,7-8H2,1-2H3,(H,30,32,33)/t15-,18-. The van der Waals surface area contributed by atoms with Gasteiger partial charge in [-0.1, -0.05) is 0 Å². The largest absolute Gasteiger partial charge is 0.491 e. The van der Waals surface area contributed by atoms with Crippen LogP contribution in [0.3, 0.4) is 0 Å². The Kier molecular flexibility index (Phi) is 5.26. The molecule has 39 heavy (non-hydrogen) atoms. The van der Waals surface area contributed by atoms with Crippen molar-refractivity contribution in [2.24, 2.45) is 13.0 Å². The first kappa shape index (κ1) is 23.2. The number of fused-ring (bicyclic) bond motifs is 2. The predicted octanol–water partition coefficient (Wildman–Crippen LogP) is 4.07. The van der Waals surface area contributed by atoms with Gasteiger partial charge in [0, 0.05) is 31.7 Å². The van der Waals surface area contributed by atoms with Crippen molar-refractivity contribution in [2.75, 3.05) is 12.4 Å². The SMILES string of the molecule is COc1c(Oc2cnn3ccncc23)cnc2nc(Nc3cc(C4CC4)cn([C@H]4C[C@H](C#N)C4)c3=O)n(C)c12. The van der Waals surface area contributed by atoms with E-state index in [-0.39, 0.29) is 17.5 Å². The molecule has 0 amide bonds. The van der Waals surface area contributed by atoms with Gasteiger partial charge in [0.05, 0.1) is 37.7 Å². The molecule has 2 saturated carbocycles. The number of hydrogen-bond acceptors (Lipinski definition) is 9. The molecule has 1 N–H and O–H groups in total. The summed E-state index contributed by atoms with van der Waals surface area (Å²) in [6.07, 6.45) is 13.8. The summed E-state index contributed by atoms with van der Waals surface area (Å²) in [6, 6.07) is 4.27. The highest BCUT2D eigenvalue weighted by Gasteiger charge is 2.33. The lowest BCUT2D eigenvalue weighted by atomic mass is 9.81. The van der Waals surface area contributed by atoms with E-state index >= 15 is 0 Å². The summed E-state index contributed by atoms with van der Waals surface area (Å²) >= 11 is 0. The van der Waals surface area contributed by atoms with Gasteiger partial charge in [-0.3, -0.25) is 9.78 Å². The van der Waals surface area contributed by atoms with Crippen molar-refractivity contribution in [3.63, 3.8) is 0 Å². The number of pyridine rings is 2. The van der Waals surface area contributed by atoms with Gasteiger partial charge < -0.3 is 23.9 Å². The molecular formula is C27H25N9O3. The number of rotatable bonds is 7. The molecule has 0 atom stereocenters. The van der Waals surface area contributed by atoms with Crippen molar-refractivity contribution in [2.45, 2.75) is 37.6 Å². The molecule has 5 heterocycles. The van der Waals surface area contributed by atoms with Crippen molar-refractivity contribution in [3.8, 4) is 23.3 Å². The Morgan fingerprint density at radius 2 is 2.03 bits per heavy atom. The highest BCUT2D eigenvalue weighted by molar-refractivity contribution is 5.85. The normalized spacial score (nSPS) is 18.6. The number of anilines is 2. The summed E-state index contributed by atoms with van der Waals surface area (Å²) in [6.45, 7) is 0. The first-order chi connectivity index (χ1) is 19.0. The molecule has 0 spiro atoms. The molecule has 5 aromatic heterocycles. The average Bonchev–Trinajstić information content (AvgIpc) is 3.63. The molecule has 0 saturated heterocycles. The fraction of sp³-hybridized carbons (Fsp3) is 0.333. The van der Waals surface area contributed by atoms with Gasteiger partial charge in [0.25, 0.3) is 5.56 Å². The second kappa shape index (κ2) is 8.83. The van der Waals surface area contributed by atoms with E-state index in [1.165, 1.54) is 0 Å². The molecule has 2 fully saturated rings. The second-order valence-corrected chi connectivity index (χ2v) is 10.1. The zero-order valence-corrected chi connectivity index (χ0v) is 21.4. The van der Waals surface area contributed by atoms with Gasteiger partial charge in [0.15, 0.2) is 22.9 Å². The van der Waals surface area contributed by atoms with Crippen LogP contribution in [0.25, 0.3) is 16.7 Å². The van der Waals surface area contributed by atoms with Crippen molar-refractivity contribution < 1.29 is 9.47 Å². The third-order valence-electron chi connectivity index (χ3n) is 7.58. The Balaban J connectivity index is 1.26. The summed E-state index contributed by atoms with van der Waals surface area (Å²) in [5, 5.41) is 16.8. The van der Waals surface area contributed by atoms with E-state index in [2.05, 4.69) is 31.4 Å². The van der Waals surface area contributed by atoms with Crippen LogP contribution in [0, 0.1) is 17.2 Å². The number of imidazole rings is 1. The molecule has 0 bridgehead atoms. The fourth-order valence-electron chi connectivity index (χ4n) is 5.18. The minimum absolute atomic E-state index is 0.00897. The quantitative estimate of drug-likeness (QED) is 0.335. The van der Waals surface area contributed by atoms with Crippen LogP contribution in [0.1, 0.15) is 43.2 Å². The van der Waals surface area contributed by atoms with Crippen molar-refractivity contribution in [3.05, 3.63) is 59.2 Å². The van der Waals surface area contributed by atoms with E-state index in [0.717, 1.165) is 18.4 Å². The van der Waals surface area contributed by atoms with Crippen LogP contribution in [0.2, 0.25) is 0 Å². The molecular weight excluding hydrogens is 498 g/mol. The smallest absolute Gasteiger partial charge is 0.274 e. The van der Waals surface area contributed by atoms with E-state index in [1.807, 2.05) is 19.3 Å². The minimum atomic E-state index is -0.126. The molecule has 5 aromatic rings. The first-order valence-corrected chi connectivity index (χ1v) is 12.8. The number of methoxy groups -OCH3 is 1. The monoisotopic (exact) mass is 523 g/mol. The second-order valence-electron chi connectivity index (χ2n) is 10.1. The predicted molar refractivity (Wildman–Crippen MR) is 141 cm³/mol. The van der Waals surface area contributed by atoms with Crippen LogP contribution in [-0.2, 0) is 7.05 Å². The molecule has 7 rings (SSSR count). The molecule has 12 nitrogen and oxygen atoms in total. The van der Waals surface area contributed by atoms with Gasteiger partial charge in [-0.2, -0.15) is 15.3 Å². The maximum atomic E-state index is 13.5. The van der Waals surface area contributed by atoms with Gasteiger partial charge in [0.1, 0.15) is 16.7 Å². The first-order valence-electron chi connectivity index (χ1n) is 12.8. The number of nitriles is 1. The Morgan fingerprint density at radius 3 is 2.79 bits per heavy atom. The van der Waals surface area contributed by atoms with Crippen LogP contribution in [0.4, 0.5) is 11.6 Å². The molecule has 2 aliphatic carbocycles. The third kappa shape index (κ3) is 3.85. The lowest BCUT2D eigenvalue weighted by Crippen LogP contribution is -2.34. The van der Waals surface area contributed by atoms with Gasteiger partial charge in [0.2, 0.25) is 5.95 Å². The highest BCUT2D eigenvalue weighted by atomic mass is 16.5. The van der Waals surface area contributed by atoms with Crippen molar-refractivity contribution in [1.29, 1.82) is 5.26 Å². The van der Waals surface area contributed by atoms with Crippen molar-refractivity contribution >= 4 is 28.3 Å². The number of nitrogens with one attached hydrogen (secondary N) is 1. The lowest BCUT2D eigenvalue weighted by Gasteiger charge is -2.32. The maximum Gasteiger partial charge on any atom is 0.274 e. The average molecular weight is 524 g/mol. The molecule has 0 radical (unpaired) electrons. The minimum Gasteiger partial charge on any atom is -0.491 e. The third-order valence-corrected chi connectivity index (χ3v) is 7.58. The fourth-order valence-corrected chi connectivity index (χ4v) is 5.18. The van der Waals surface area contributed by atoms with Crippen molar-refractivity contribution in [1.82, 2.24) is 33.7 Å². The van der Waals surface area contributed by atoms with E-state index in [1.54, 1.807) is 51.7 Å². The van der Waals surface area contributed by atoms with Gasteiger partial charge >= 0.3 is 0 Å². The summed E-state index contributed by atoms with van der Waals surface area (Å²) in [7, 11) is 3.39. The van der Waals surface area contributed by atoms with Crippen LogP contribution in [0.15, 0.2) is 48.0 Å². The number of hydrogen-bond donors (Lipinski definition) is 1. The molecule has 0 aromatic carbocycles. The topological polar surface area (TPSA) is 137 Å². The van der Waals surface area contributed by atoms with E-state index < -0.39 is 0 Å². The number of aryl methyl sites for hydroxylation is 1. The Morgan fingerprint density at radius 1 is 1.18 bits per heavy atom. The molecule has 196 valence electrons. The van der Waals surface area contributed by atoms with Gasteiger partial charge in [-0.05, 0) is 43.2 Å². The van der Waals surface area contributed by atoms with E-state index in [0.29, 0.717) is 64.3 Å². The summed E-state index contributed by atoms with van der Waals surface area (Å²) < 4.78 is 17.2. The van der Waals surface area contributed by atoms with E-state index in [4.69, 9.17) is 9.47 Å². The number of nitrogens with zero attached hydrogens (tertiary/aromatic N) is 8. The maximum absolute atomic E-state index is 13.5. The number of ether oxygens (including phenoxy) is 2. The summed E-state index contributed by atoms with van der Waals surface area (Å²) in [5.41, 5.74) is 3.21. The Hall–Kier alpha value is -4.92. The van der Waals surface area contributed by atoms with Crippen LogP contribution in [0.5, 0.6) is 17.2 Å². The van der Waals surface area contributed by atoms with Crippen LogP contribution >= 0.6 is 0 Å². The zero-order chi connectivity index (χ0) is 26.7. The lowest BCUT2D eigenvalue weighted by molar-refractivity contribution is 0.243. The summed E-state index contributed by atoms with van der Waals surface area (Å²) in [4.78, 5) is 26.8. The van der Waals surface area contributed by atoms with Crippen LogP contribution in [-0.4, -0.2) is 40.8 Å². The Bertz CT molecular complexity index is 1840. The molecule has 2 aliphatic rings. The van der Waals surface area contributed by atoms with Crippen LogP contribution < -0.4 is 20.3 Å². The zero-order valence-electron chi connectivity index (χ0n) is 21.4. The van der Waals surface area contributed by atoms with E-state index in [9.17, 15) is 10.1 Å². The Labute approximate surface area is 222 Å². The summed E-state index contributed by atoms with van der Waals surface area (Å²) in [5.74, 6) is 2.28. The van der Waals surface area contributed by atoms with Gasteiger partial charge in [-0.25, -0.2) is 9.50 Å². The molecule has 0 unspecified atom stereocenters. The molecule has 12 heteroatoms. The van der Waals surface area contributed by atoms with Gasteiger partial charge in [-0.15, -0.1) is 0 Å². The number of aromatic nitrogens is 7.